The zero-order valence-corrected chi connectivity index (χ0v) is 18.6. The minimum absolute atomic E-state index is 0.199. The van der Waals surface area contributed by atoms with Gasteiger partial charge in [0, 0.05) is 18.8 Å². The molecular formula is C24H25F3N6O. The van der Waals surface area contributed by atoms with Crippen molar-refractivity contribution < 1.29 is 18.0 Å². The van der Waals surface area contributed by atoms with Crippen LogP contribution in [0.15, 0.2) is 59.7 Å². The fraction of sp³-hybridized carbons (Fsp3) is 0.292. The highest BCUT2D eigenvalue weighted by atomic mass is 19.4. The lowest BCUT2D eigenvalue weighted by Crippen LogP contribution is -2.26. The highest BCUT2D eigenvalue weighted by Gasteiger charge is 2.30. The molecule has 0 saturated carbocycles. The lowest BCUT2D eigenvalue weighted by molar-refractivity contribution is -0.137. The van der Waals surface area contributed by atoms with Crippen LogP contribution in [-0.4, -0.2) is 41.5 Å². The van der Waals surface area contributed by atoms with Crippen molar-refractivity contribution in [1.82, 2.24) is 15.2 Å². The summed E-state index contributed by atoms with van der Waals surface area (Å²) in [4.78, 5) is 14.5. The molecule has 1 amide bonds. The van der Waals surface area contributed by atoms with Crippen LogP contribution < -0.4 is 15.6 Å². The van der Waals surface area contributed by atoms with Crippen molar-refractivity contribution in [2.45, 2.75) is 25.9 Å². The van der Waals surface area contributed by atoms with Crippen molar-refractivity contribution in [2.24, 2.45) is 5.10 Å². The fourth-order valence-electron chi connectivity index (χ4n) is 3.86. The average molecular weight is 470 g/mol. The van der Waals surface area contributed by atoms with Gasteiger partial charge in [-0.05, 0) is 50.1 Å². The minimum atomic E-state index is -4.45. The van der Waals surface area contributed by atoms with E-state index in [4.69, 9.17) is 5.10 Å². The highest BCUT2D eigenvalue weighted by Crippen LogP contribution is 2.31. The number of halogens is 3. The van der Waals surface area contributed by atoms with E-state index >= 15 is 0 Å². The molecule has 34 heavy (non-hydrogen) atoms. The van der Waals surface area contributed by atoms with Gasteiger partial charge in [0.05, 0.1) is 35.3 Å². The van der Waals surface area contributed by atoms with Crippen LogP contribution in [0.5, 0.6) is 0 Å². The van der Waals surface area contributed by atoms with E-state index in [-0.39, 0.29) is 12.2 Å². The summed E-state index contributed by atoms with van der Waals surface area (Å²) in [6.07, 6.45) is -0.696. The Morgan fingerprint density at radius 1 is 1.12 bits per heavy atom. The molecule has 1 fully saturated rings. The first-order chi connectivity index (χ1) is 16.3. The normalized spacial score (nSPS) is 14.1. The first kappa shape index (κ1) is 23.3. The number of carbonyl (C=O) groups is 1. The summed E-state index contributed by atoms with van der Waals surface area (Å²) in [6.45, 7) is 3.48. The van der Waals surface area contributed by atoms with Gasteiger partial charge in [-0.3, -0.25) is 4.79 Å². The molecule has 2 N–H and O–H groups in total. The molecule has 1 saturated heterocycles. The molecule has 1 aliphatic rings. The summed E-state index contributed by atoms with van der Waals surface area (Å²) in [7, 11) is 0. The third-order valence-corrected chi connectivity index (χ3v) is 5.51. The Hall–Kier alpha value is -3.82. The lowest BCUT2D eigenvalue weighted by atomic mass is 10.2. The molecule has 7 nitrogen and oxygen atoms in total. The van der Waals surface area contributed by atoms with Gasteiger partial charge in [-0.15, -0.1) is 0 Å². The quantitative estimate of drug-likeness (QED) is 0.398. The van der Waals surface area contributed by atoms with Gasteiger partial charge in [-0.1, -0.05) is 24.3 Å². The number of amides is 1. The minimum Gasteiger partial charge on any atom is -0.376 e. The van der Waals surface area contributed by atoms with Gasteiger partial charge in [-0.25, -0.2) is 10.1 Å². The number of hydrazone groups is 1. The van der Waals surface area contributed by atoms with Gasteiger partial charge < -0.3 is 10.2 Å². The molecule has 0 bridgehead atoms. The second kappa shape index (κ2) is 9.98. The molecule has 2 heterocycles. The number of carbonyl (C=O) groups excluding carboxylic acids is 1. The van der Waals surface area contributed by atoms with Crippen LogP contribution in [0.25, 0.3) is 5.69 Å². The monoisotopic (exact) mass is 470 g/mol. The van der Waals surface area contributed by atoms with Crippen LogP contribution in [0.3, 0.4) is 0 Å². The van der Waals surface area contributed by atoms with Crippen LogP contribution in [0.2, 0.25) is 0 Å². The zero-order chi connectivity index (χ0) is 24.1. The number of alkyl halides is 3. The zero-order valence-electron chi connectivity index (χ0n) is 18.6. The summed E-state index contributed by atoms with van der Waals surface area (Å²) in [5.74, 6) is 0.436. The summed E-state index contributed by atoms with van der Waals surface area (Å²) < 4.78 is 40.4. The van der Waals surface area contributed by atoms with E-state index in [1.165, 1.54) is 12.1 Å². The maximum atomic E-state index is 12.8. The fourth-order valence-corrected chi connectivity index (χ4v) is 3.86. The molecule has 10 heteroatoms. The third-order valence-electron chi connectivity index (χ3n) is 5.51. The molecule has 3 aromatic rings. The summed E-state index contributed by atoms with van der Waals surface area (Å²) in [6, 6.07) is 14.5. The van der Waals surface area contributed by atoms with E-state index in [0.717, 1.165) is 60.8 Å². The van der Waals surface area contributed by atoms with Crippen molar-refractivity contribution in [3.8, 4) is 5.69 Å². The van der Waals surface area contributed by atoms with E-state index in [1.54, 1.807) is 6.21 Å². The van der Waals surface area contributed by atoms with Crippen LogP contribution in [-0.2, 0) is 11.0 Å². The molecule has 1 aromatic heterocycles. The second-order valence-electron chi connectivity index (χ2n) is 7.99. The topological polar surface area (TPSA) is 74.5 Å². The molecule has 0 aliphatic carbocycles. The van der Waals surface area contributed by atoms with Gasteiger partial charge in [-0.2, -0.15) is 23.4 Å². The van der Waals surface area contributed by atoms with Crippen molar-refractivity contribution >= 4 is 23.6 Å². The van der Waals surface area contributed by atoms with E-state index in [9.17, 15) is 18.0 Å². The number of para-hydroxylation sites is 1. The largest absolute Gasteiger partial charge is 0.416 e. The molecule has 178 valence electrons. The average Bonchev–Trinajstić information content (AvgIpc) is 3.46. The van der Waals surface area contributed by atoms with Crippen LogP contribution in [0.1, 0.15) is 29.7 Å². The smallest absolute Gasteiger partial charge is 0.376 e. The van der Waals surface area contributed by atoms with Gasteiger partial charge in [0.2, 0.25) is 0 Å². The van der Waals surface area contributed by atoms with E-state index in [0.29, 0.717) is 0 Å². The Bertz CT molecular complexity index is 1170. The summed E-state index contributed by atoms with van der Waals surface area (Å²) >= 11 is 0. The van der Waals surface area contributed by atoms with E-state index in [1.807, 2.05) is 41.9 Å². The second-order valence-corrected chi connectivity index (χ2v) is 7.99. The van der Waals surface area contributed by atoms with Crippen LogP contribution in [0.4, 0.5) is 24.7 Å². The van der Waals surface area contributed by atoms with Crippen LogP contribution >= 0.6 is 0 Å². The summed E-state index contributed by atoms with van der Waals surface area (Å²) in [5.41, 5.74) is 4.35. The van der Waals surface area contributed by atoms with Gasteiger partial charge in [0.25, 0.3) is 5.91 Å². The molecule has 1 aliphatic heterocycles. The lowest BCUT2D eigenvalue weighted by Gasteiger charge is -2.20. The molecule has 0 unspecified atom stereocenters. The number of aryl methyl sites for hydroxylation is 1. The van der Waals surface area contributed by atoms with Gasteiger partial charge in [0.1, 0.15) is 5.82 Å². The van der Waals surface area contributed by atoms with Crippen molar-refractivity contribution in [3.63, 3.8) is 0 Å². The number of rotatable bonds is 7. The number of hydrogen-bond donors (Lipinski definition) is 2. The summed E-state index contributed by atoms with van der Waals surface area (Å²) in [5, 5.41) is 11.5. The first-order valence-electron chi connectivity index (χ1n) is 11.0. The molecular weight excluding hydrogens is 445 g/mol. The van der Waals surface area contributed by atoms with E-state index < -0.39 is 17.6 Å². The van der Waals surface area contributed by atoms with Crippen LogP contribution in [0, 0.1) is 6.92 Å². The molecule has 0 atom stereocenters. The maximum absolute atomic E-state index is 12.8. The molecule has 2 aromatic carbocycles. The third kappa shape index (κ3) is 5.38. The Morgan fingerprint density at radius 3 is 2.56 bits per heavy atom. The predicted octanol–water partition coefficient (Wildman–Crippen LogP) is 4.36. The SMILES string of the molecule is Cc1nn(-c2ccccc2)c(N2CCCC2)c1/C=N\NC(=O)CNc1cccc(C(F)(F)F)c1. The Labute approximate surface area is 195 Å². The van der Waals surface area contributed by atoms with E-state index in [2.05, 4.69) is 20.7 Å². The predicted molar refractivity (Wildman–Crippen MR) is 125 cm³/mol. The number of nitrogens with zero attached hydrogens (tertiary/aromatic N) is 4. The maximum Gasteiger partial charge on any atom is 0.416 e. The number of benzene rings is 2. The van der Waals surface area contributed by atoms with Gasteiger partial charge in [0.15, 0.2) is 0 Å². The number of nitrogens with one attached hydrogen (secondary N) is 2. The van der Waals surface area contributed by atoms with Crippen molar-refractivity contribution in [3.05, 3.63) is 71.4 Å². The number of anilines is 2. The molecule has 4 rings (SSSR count). The van der Waals surface area contributed by atoms with Gasteiger partial charge >= 0.3 is 6.18 Å². The molecule has 0 radical (unpaired) electrons. The number of aromatic nitrogens is 2. The van der Waals surface area contributed by atoms with Crippen molar-refractivity contribution in [1.29, 1.82) is 0 Å². The first-order valence-corrected chi connectivity index (χ1v) is 11.0. The highest BCUT2D eigenvalue weighted by molar-refractivity contribution is 5.90. The Kier molecular flexibility index (Phi) is 6.85. The Morgan fingerprint density at radius 2 is 1.85 bits per heavy atom. The standard InChI is InChI=1S/C24H25F3N6O/c1-17-21(23(32-12-5-6-13-32)33(31-17)20-10-3-2-4-11-20)15-29-30-22(34)16-28-19-9-7-8-18(14-19)24(25,26)27/h2-4,7-11,14-15,28H,5-6,12-13,16H2,1H3,(H,30,34)/b29-15-. The Balaban J connectivity index is 1.45. The molecule has 0 spiro atoms. The number of hydrogen-bond acceptors (Lipinski definition) is 5. The van der Waals surface area contributed by atoms with Crippen molar-refractivity contribution in [2.75, 3.05) is 29.9 Å².